The second-order valence-corrected chi connectivity index (χ2v) is 4.14. The largest absolute Gasteiger partial charge is 0.0998 e. The van der Waals surface area contributed by atoms with Crippen molar-refractivity contribution < 1.29 is 0 Å². The molecule has 0 bridgehead atoms. The maximum absolute atomic E-state index is 4.04. The van der Waals surface area contributed by atoms with Gasteiger partial charge in [0.15, 0.2) is 0 Å². The molecule has 0 unspecified atom stereocenters. The molecule has 0 heteroatoms. The van der Waals surface area contributed by atoms with Gasteiger partial charge in [-0.25, -0.2) is 0 Å². The van der Waals surface area contributed by atoms with Crippen LogP contribution in [-0.4, -0.2) is 0 Å². The quantitative estimate of drug-likeness (QED) is 0.623. The SMILES string of the molecule is C=C(C)[C@H](CC)Cc1ccc(C)cc1. The molecule has 1 atom stereocenters. The Balaban J connectivity index is 2.67. The van der Waals surface area contributed by atoms with Crippen molar-refractivity contribution in [3.05, 3.63) is 47.5 Å². The van der Waals surface area contributed by atoms with E-state index < -0.39 is 0 Å². The highest BCUT2D eigenvalue weighted by molar-refractivity contribution is 5.22. The van der Waals surface area contributed by atoms with Gasteiger partial charge < -0.3 is 0 Å². The fraction of sp³-hybridized carbons (Fsp3) is 0.429. The number of rotatable bonds is 4. The van der Waals surface area contributed by atoms with Gasteiger partial charge in [0.1, 0.15) is 0 Å². The first-order chi connectivity index (χ1) is 6.63. The Bertz CT molecular complexity index is 292. The van der Waals surface area contributed by atoms with E-state index in [2.05, 4.69) is 51.6 Å². The molecular formula is C14H20. The summed E-state index contributed by atoms with van der Waals surface area (Å²) in [4.78, 5) is 0. The Labute approximate surface area is 87.7 Å². The predicted octanol–water partition coefficient (Wildman–Crippen LogP) is 4.14. The summed E-state index contributed by atoms with van der Waals surface area (Å²) in [6, 6.07) is 8.81. The first-order valence-electron chi connectivity index (χ1n) is 5.34. The van der Waals surface area contributed by atoms with Crippen molar-refractivity contribution in [3.8, 4) is 0 Å². The molecule has 0 aliphatic rings. The molecule has 0 amide bonds. The van der Waals surface area contributed by atoms with Gasteiger partial charge in [-0.15, -0.1) is 0 Å². The summed E-state index contributed by atoms with van der Waals surface area (Å²) >= 11 is 0. The topological polar surface area (TPSA) is 0 Å². The van der Waals surface area contributed by atoms with Gasteiger partial charge in [-0.3, -0.25) is 0 Å². The third-order valence-corrected chi connectivity index (χ3v) is 2.79. The van der Waals surface area contributed by atoms with Crippen molar-refractivity contribution in [1.29, 1.82) is 0 Å². The Morgan fingerprint density at radius 3 is 2.29 bits per heavy atom. The molecule has 1 aromatic carbocycles. The zero-order valence-corrected chi connectivity index (χ0v) is 9.51. The van der Waals surface area contributed by atoms with Gasteiger partial charge in [0.25, 0.3) is 0 Å². The fourth-order valence-corrected chi connectivity index (χ4v) is 1.68. The molecule has 0 N–H and O–H groups in total. The minimum Gasteiger partial charge on any atom is -0.0998 e. The molecule has 0 fully saturated rings. The minimum absolute atomic E-state index is 0.637. The zero-order valence-electron chi connectivity index (χ0n) is 9.51. The van der Waals surface area contributed by atoms with Gasteiger partial charge in [-0.05, 0) is 38.2 Å². The molecule has 0 aliphatic carbocycles. The van der Waals surface area contributed by atoms with Crippen molar-refractivity contribution >= 4 is 0 Å². The van der Waals surface area contributed by atoms with Crippen molar-refractivity contribution in [1.82, 2.24) is 0 Å². The lowest BCUT2D eigenvalue weighted by molar-refractivity contribution is 0.590. The molecule has 0 saturated heterocycles. The minimum atomic E-state index is 0.637. The summed E-state index contributed by atoms with van der Waals surface area (Å²) in [5.74, 6) is 0.637. The van der Waals surface area contributed by atoms with E-state index in [1.54, 1.807) is 0 Å². The molecule has 1 rings (SSSR count). The number of allylic oxidation sites excluding steroid dienone is 1. The van der Waals surface area contributed by atoms with E-state index in [0.29, 0.717) is 5.92 Å². The summed E-state index contributed by atoms with van der Waals surface area (Å²) in [7, 11) is 0. The predicted molar refractivity (Wildman–Crippen MR) is 63.5 cm³/mol. The molecular weight excluding hydrogens is 168 g/mol. The summed E-state index contributed by atoms with van der Waals surface area (Å²) in [6.07, 6.45) is 2.31. The lowest BCUT2D eigenvalue weighted by Crippen LogP contribution is -2.03. The van der Waals surface area contributed by atoms with Crippen LogP contribution in [0.4, 0.5) is 0 Å². The van der Waals surface area contributed by atoms with E-state index in [0.717, 1.165) is 6.42 Å². The number of hydrogen-bond acceptors (Lipinski definition) is 0. The second-order valence-electron chi connectivity index (χ2n) is 4.14. The zero-order chi connectivity index (χ0) is 10.6. The van der Waals surface area contributed by atoms with E-state index in [4.69, 9.17) is 0 Å². The van der Waals surface area contributed by atoms with Crippen molar-refractivity contribution in [3.63, 3.8) is 0 Å². The highest BCUT2D eigenvalue weighted by Gasteiger charge is 2.07. The second kappa shape index (κ2) is 4.99. The van der Waals surface area contributed by atoms with E-state index in [1.807, 2.05) is 0 Å². The van der Waals surface area contributed by atoms with Crippen LogP contribution in [0.2, 0.25) is 0 Å². The van der Waals surface area contributed by atoms with Crippen molar-refractivity contribution in [2.75, 3.05) is 0 Å². The van der Waals surface area contributed by atoms with Crippen LogP contribution >= 0.6 is 0 Å². The van der Waals surface area contributed by atoms with Crippen LogP contribution in [0.3, 0.4) is 0 Å². The summed E-state index contributed by atoms with van der Waals surface area (Å²) in [5.41, 5.74) is 4.05. The van der Waals surface area contributed by atoms with Gasteiger partial charge in [-0.1, -0.05) is 48.9 Å². The normalized spacial score (nSPS) is 12.5. The summed E-state index contributed by atoms with van der Waals surface area (Å²) < 4.78 is 0. The fourth-order valence-electron chi connectivity index (χ4n) is 1.68. The van der Waals surface area contributed by atoms with Gasteiger partial charge in [-0.2, -0.15) is 0 Å². The van der Waals surface area contributed by atoms with Crippen molar-refractivity contribution in [2.45, 2.75) is 33.6 Å². The molecule has 0 spiro atoms. The highest BCUT2D eigenvalue weighted by Crippen LogP contribution is 2.18. The first kappa shape index (κ1) is 11.0. The average Bonchev–Trinajstić information content (AvgIpc) is 2.16. The molecule has 0 nitrogen and oxygen atoms in total. The van der Waals surface area contributed by atoms with Crippen LogP contribution in [0.1, 0.15) is 31.4 Å². The van der Waals surface area contributed by atoms with Crippen molar-refractivity contribution in [2.24, 2.45) is 5.92 Å². The van der Waals surface area contributed by atoms with E-state index >= 15 is 0 Å². The Morgan fingerprint density at radius 1 is 1.29 bits per heavy atom. The summed E-state index contributed by atoms with van der Waals surface area (Å²) in [6.45, 7) is 10.5. The molecule has 0 radical (unpaired) electrons. The van der Waals surface area contributed by atoms with Crippen LogP contribution in [0.15, 0.2) is 36.4 Å². The molecule has 0 heterocycles. The van der Waals surface area contributed by atoms with E-state index in [9.17, 15) is 0 Å². The molecule has 0 aliphatic heterocycles. The Hall–Kier alpha value is -1.04. The third-order valence-electron chi connectivity index (χ3n) is 2.79. The number of benzene rings is 1. The Kier molecular flexibility index (Phi) is 3.94. The standard InChI is InChI=1S/C14H20/c1-5-14(11(2)3)10-13-8-6-12(4)7-9-13/h6-9,14H,2,5,10H2,1,3-4H3/t14-/m1/s1. The lowest BCUT2D eigenvalue weighted by atomic mass is 9.91. The first-order valence-corrected chi connectivity index (χ1v) is 5.34. The molecule has 14 heavy (non-hydrogen) atoms. The maximum atomic E-state index is 4.04. The van der Waals surface area contributed by atoms with Crippen LogP contribution in [0.25, 0.3) is 0 Å². The van der Waals surface area contributed by atoms with E-state index in [-0.39, 0.29) is 0 Å². The monoisotopic (exact) mass is 188 g/mol. The molecule has 0 saturated carbocycles. The van der Waals surface area contributed by atoms with Crippen LogP contribution in [0, 0.1) is 12.8 Å². The average molecular weight is 188 g/mol. The van der Waals surface area contributed by atoms with Gasteiger partial charge in [0, 0.05) is 0 Å². The summed E-state index contributed by atoms with van der Waals surface area (Å²) in [5, 5.41) is 0. The van der Waals surface area contributed by atoms with Gasteiger partial charge >= 0.3 is 0 Å². The van der Waals surface area contributed by atoms with E-state index in [1.165, 1.54) is 23.1 Å². The maximum Gasteiger partial charge on any atom is -0.0171 e. The number of hydrogen-bond donors (Lipinski definition) is 0. The number of aryl methyl sites for hydroxylation is 1. The Morgan fingerprint density at radius 2 is 1.86 bits per heavy atom. The van der Waals surface area contributed by atoms with Crippen LogP contribution in [-0.2, 0) is 6.42 Å². The molecule has 0 aromatic heterocycles. The van der Waals surface area contributed by atoms with Gasteiger partial charge in [0.05, 0.1) is 0 Å². The highest BCUT2D eigenvalue weighted by atomic mass is 14.1. The molecule has 76 valence electrons. The van der Waals surface area contributed by atoms with Crippen LogP contribution < -0.4 is 0 Å². The van der Waals surface area contributed by atoms with Gasteiger partial charge in [0.2, 0.25) is 0 Å². The smallest absolute Gasteiger partial charge is 0.0171 e. The third kappa shape index (κ3) is 3.02. The lowest BCUT2D eigenvalue weighted by Gasteiger charge is -2.14. The molecule has 1 aromatic rings. The van der Waals surface area contributed by atoms with Crippen LogP contribution in [0.5, 0.6) is 0 Å².